The van der Waals surface area contributed by atoms with E-state index in [1.54, 1.807) is 19.2 Å². The molecule has 17 heavy (non-hydrogen) atoms. The Morgan fingerprint density at radius 3 is 2.88 bits per heavy atom. The number of hydrogen-bond acceptors (Lipinski definition) is 3. The summed E-state index contributed by atoms with van der Waals surface area (Å²) >= 11 is 5.85. The maximum atomic E-state index is 11.9. The third kappa shape index (κ3) is 4.32. The number of amides is 1. The fraction of sp³-hybridized carbons (Fsp3) is 0.500. The Labute approximate surface area is 106 Å². The number of carbonyl (C=O) groups excluding carboxylic acids is 1. The van der Waals surface area contributed by atoms with E-state index in [1.165, 1.54) is 0 Å². The summed E-state index contributed by atoms with van der Waals surface area (Å²) in [7, 11) is 1.60. The minimum Gasteiger partial charge on any atom is -0.383 e. The number of halogens is 1. The fourth-order valence-electron chi connectivity index (χ4n) is 1.46. The van der Waals surface area contributed by atoms with Gasteiger partial charge in [0.15, 0.2) is 0 Å². The minimum atomic E-state index is -0.159. The van der Waals surface area contributed by atoms with E-state index in [0.29, 0.717) is 17.3 Å². The summed E-state index contributed by atoms with van der Waals surface area (Å²) in [4.78, 5) is 16.0. The molecule has 0 radical (unpaired) electrons. The summed E-state index contributed by atoms with van der Waals surface area (Å²) in [6, 6.07) is 3.28. The molecule has 1 atom stereocenters. The van der Waals surface area contributed by atoms with Crippen LogP contribution in [0.1, 0.15) is 29.9 Å². The van der Waals surface area contributed by atoms with Crippen LogP contribution in [-0.2, 0) is 11.2 Å². The maximum Gasteiger partial charge on any atom is 0.251 e. The molecule has 0 spiro atoms. The van der Waals surface area contributed by atoms with Crippen molar-refractivity contribution in [2.24, 2.45) is 0 Å². The van der Waals surface area contributed by atoms with Crippen LogP contribution in [0.2, 0.25) is 5.15 Å². The second-order valence-corrected chi connectivity index (χ2v) is 4.24. The molecule has 0 aromatic carbocycles. The van der Waals surface area contributed by atoms with Crippen LogP contribution in [0, 0.1) is 0 Å². The molecule has 0 aliphatic rings. The average Bonchev–Trinajstić information content (AvgIpc) is 2.28. The molecule has 1 heterocycles. The summed E-state index contributed by atoms with van der Waals surface area (Å²) in [5, 5.41) is 3.17. The zero-order valence-corrected chi connectivity index (χ0v) is 11.0. The predicted molar refractivity (Wildman–Crippen MR) is 67.4 cm³/mol. The van der Waals surface area contributed by atoms with Gasteiger partial charge in [0, 0.05) is 24.4 Å². The van der Waals surface area contributed by atoms with Crippen LogP contribution in [0.15, 0.2) is 12.1 Å². The van der Waals surface area contributed by atoms with E-state index in [2.05, 4.69) is 10.3 Å². The Balaban J connectivity index is 2.78. The van der Waals surface area contributed by atoms with Crippen LogP contribution in [0.3, 0.4) is 0 Å². The van der Waals surface area contributed by atoms with Gasteiger partial charge in [-0.25, -0.2) is 4.98 Å². The van der Waals surface area contributed by atoms with Crippen LogP contribution >= 0.6 is 11.6 Å². The number of rotatable bonds is 5. The summed E-state index contributed by atoms with van der Waals surface area (Å²) < 4.78 is 4.96. The first-order valence-electron chi connectivity index (χ1n) is 5.53. The molecule has 1 aromatic heterocycles. The lowest BCUT2D eigenvalue weighted by atomic mass is 10.2. The largest absolute Gasteiger partial charge is 0.383 e. The van der Waals surface area contributed by atoms with Crippen LogP contribution in [-0.4, -0.2) is 30.6 Å². The zero-order valence-electron chi connectivity index (χ0n) is 10.3. The first kappa shape index (κ1) is 13.9. The number of methoxy groups -OCH3 is 1. The van der Waals surface area contributed by atoms with Crippen molar-refractivity contribution in [1.82, 2.24) is 10.3 Å². The monoisotopic (exact) mass is 256 g/mol. The van der Waals surface area contributed by atoms with Gasteiger partial charge in [0.2, 0.25) is 0 Å². The highest BCUT2D eigenvalue weighted by atomic mass is 35.5. The number of pyridine rings is 1. The van der Waals surface area contributed by atoms with Crippen molar-refractivity contribution in [3.05, 3.63) is 28.5 Å². The first-order chi connectivity index (χ1) is 8.06. The Kier molecular flexibility index (Phi) is 5.38. The highest BCUT2D eigenvalue weighted by Crippen LogP contribution is 2.11. The molecule has 1 aromatic rings. The smallest absolute Gasteiger partial charge is 0.251 e. The Bertz CT molecular complexity index is 396. The number of ether oxygens (including phenoxy) is 1. The summed E-state index contributed by atoms with van der Waals surface area (Å²) in [5.41, 5.74) is 1.34. The van der Waals surface area contributed by atoms with Gasteiger partial charge in [0.05, 0.1) is 6.61 Å². The van der Waals surface area contributed by atoms with Crippen LogP contribution in [0.5, 0.6) is 0 Å². The zero-order chi connectivity index (χ0) is 12.8. The van der Waals surface area contributed by atoms with Crippen molar-refractivity contribution >= 4 is 17.5 Å². The highest BCUT2D eigenvalue weighted by Gasteiger charge is 2.11. The molecule has 0 saturated carbocycles. The topological polar surface area (TPSA) is 51.2 Å². The van der Waals surface area contributed by atoms with Gasteiger partial charge < -0.3 is 10.1 Å². The summed E-state index contributed by atoms with van der Waals surface area (Å²) in [6.07, 6.45) is 0.745. The summed E-state index contributed by atoms with van der Waals surface area (Å²) in [5.74, 6) is -0.159. The van der Waals surface area contributed by atoms with Gasteiger partial charge in [-0.3, -0.25) is 4.79 Å². The van der Waals surface area contributed by atoms with Gasteiger partial charge >= 0.3 is 0 Å². The molecular formula is C12H17ClN2O2. The molecule has 0 fully saturated rings. The van der Waals surface area contributed by atoms with Gasteiger partial charge in [-0.1, -0.05) is 18.5 Å². The molecule has 1 unspecified atom stereocenters. The van der Waals surface area contributed by atoms with Crippen molar-refractivity contribution < 1.29 is 9.53 Å². The lowest BCUT2D eigenvalue weighted by Crippen LogP contribution is -2.35. The number of hydrogen-bond donors (Lipinski definition) is 1. The lowest BCUT2D eigenvalue weighted by Gasteiger charge is -2.13. The van der Waals surface area contributed by atoms with Gasteiger partial charge in [0.25, 0.3) is 5.91 Å². The average molecular weight is 257 g/mol. The fourth-order valence-corrected chi connectivity index (χ4v) is 1.69. The van der Waals surface area contributed by atoms with Crippen LogP contribution < -0.4 is 5.32 Å². The molecular weight excluding hydrogens is 240 g/mol. The van der Waals surface area contributed by atoms with Crippen molar-refractivity contribution in [2.45, 2.75) is 26.3 Å². The molecule has 1 amide bonds. The third-order valence-electron chi connectivity index (χ3n) is 2.27. The molecule has 5 heteroatoms. The molecule has 1 rings (SSSR count). The first-order valence-corrected chi connectivity index (χ1v) is 5.90. The Hall–Kier alpha value is -1.13. The van der Waals surface area contributed by atoms with Crippen LogP contribution in [0.4, 0.5) is 0 Å². The predicted octanol–water partition coefficient (Wildman–Crippen LogP) is 2.06. The lowest BCUT2D eigenvalue weighted by molar-refractivity contribution is 0.0905. The highest BCUT2D eigenvalue weighted by molar-refractivity contribution is 6.29. The van der Waals surface area contributed by atoms with Crippen LogP contribution in [0.25, 0.3) is 0 Å². The van der Waals surface area contributed by atoms with Crippen molar-refractivity contribution in [3.8, 4) is 0 Å². The van der Waals surface area contributed by atoms with Crippen molar-refractivity contribution in [2.75, 3.05) is 13.7 Å². The van der Waals surface area contributed by atoms with Gasteiger partial charge in [-0.05, 0) is 25.5 Å². The molecule has 4 nitrogen and oxygen atoms in total. The van der Waals surface area contributed by atoms with Crippen molar-refractivity contribution in [1.29, 1.82) is 0 Å². The van der Waals surface area contributed by atoms with Gasteiger partial charge in [-0.15, -0.1) is 0 Å². The molecule has 1 N–H and O–H groups in total. The third-order valence-corrected chi connectivity index (χ3v) is 2.46. The number of carbonyl (C=O) groups is 1. The molecule has 0 saturated heterocycles. The van der Waals surface area contributed by atoms with Gasteiger partial charge in [0.1, 0.15) is 5.15 Å². The summed E-state index contributed by atoms with van der Waals surface area (Å²) in [6.45, 7) is 4.32. The van der Waals surface area contributed by atoms with Gasteiger partial charge in [-0.2, -0.15) is 0 Å². The Morgan fingerprint density at radius 1 is 1.59 bits per heavy atom. The van der Waals surface area contributed by atoms with E-state index in [-0.39, 0.29) is 11.9 Å². The number of aromatic nitrogens is 1. The standard InChI is InChI=1S/C12H17ClN2O2/c1-4-10-5-9(6-11(13)15-10)12(16)14-8(2)7-17-3/h5-6,8H,4,7H2,1-3H3,(H,14,16). The Morgan fingerprint density at radius 2 is 2.29 bits per heavy atom. The van der Waals surface area contributed by atoms with E-state index in [0.717, 1.165) is 12.1 Å². The maximum absolute atomic E-state index is 11.9. The molecule has 0 bridgehead atoms. The normalized spacial score (nSPS) is 12.2. The molecule has 94 valence electrons. The quantitative estimate of drug-likeness (QED) is 0.821. The number of nitrogens with zero attached hydrogens (tertiary/aromatic N) is 1. The van der Waals surface area contributed by atoms with E-state index >= 15 is 0 Å². The van der Waals surface area contributed by atoms with E-state index < -0.39 is 0 Å². The van der Waals surface area contributed by atoms with E-state index in [1.807, 2.05) is 13.8 Å². The SMILES string of the molecule is CCc1cc(C(=O)NC(C)COC)cc(Cl)n1. The van der Waals surface area contributed by atoms with E-state index in [4.69, 9.17) is 16.3 Å². The molecule has 0 aliphatic heterocycles. The van der Waals surface area contributed by atoms with Crippen molar-refractivity contribution in [3.63, 3.8) is 0 Å². The second kappa shape index (κ2) is 6.57. The number of aryl methyl sites for hydroxylation is 1. The van der Waals surface area contributed by atoms with E-state index in [9.17, 15) is 4.79 Å². The second-order valence-electron chi connectivity index (χ2n) is 3.85. The number of nitrogens with one attached hydrogen (secondary N) is 1. The molecule has 0 aliphatic carbocycles. The minimum absolute atomic E-state index is 0.0375.